The van der Waals surface area contributed by atoms with Crippen LogP contribution in [0.2, 0.25) is 0 Å². The molecule has 0 aromatic carbocycles. The normalized spacial score (nSPS) is 12.0. The maximum Gasteiger partial charge on any atom is 0.328 e. The second-order valence-corrected chi connectivity index (χ2v) is 5.29. The summed E-state index contributed by atoms with van der Waals surface area (Å²) in [6.07, 6.45) is 0.247. The number of rotatable bonds is 7. The number of carbonyl (C=O) groups excluding carboxylic acids is 2. The Morgan fingerprint density at radius 1 is 1.09 bits per heavy atom. The van der Waals surface area contributed by atoms with Gasteiger partial charge in [-0.1, -0.05) is 0 Å². The molecule has 2 N–H and O–H groups in total. The van der Waals surface area contributed by atoms with Gasteiger partial charge in [-0.15, -0.1) is 0 Å². The van der Waals surface area contributed by atoms with Gasteiger partial charge in [0.15, 0.2) is 6.10 Å². The lowest BCUT2D eigenvalue weighted by Crippen LogP contribution is -2.45. The van der Waals surface area contributed by atoms with Gasteiger partial charge >= 0.3 is 17.9 Å². The number of carboxylic acids is 3. The van der Waals surface area contributed by atoms with Crippen LogP contribution in [-0.2, 0) is 23.9 Å². The van der Waals surface area contributed by atoms with E-state index < -0.39 is 30.0 Å². The van der Waals surface area contributed by atoms with E-state index in [2.05, 4.69) is 0 Å². The van der Waals surface area contributed by atoms with Crippen LogP contribution < -0.4 is 5.11 Å². The van der Waals surface area contributed by atoms with E-state index in [0.717, 1.165) is 0 Å². The molecule has 0 aliphatic rings. The molecule has 126 valence electrons. The fraction of sp³-hybridized carbons (Fsp3) is 0.538. The Labute approximate surface area is 128 Å². The Morgan fingerprint density at radius 2 is 1.50 bits per heavy atom. The topological polar surface area (TPSA) is 141 Å². The summed E-state index contributed by atoms with van der Waals surface area (Å²) in [5.74, 6) is -4.19. The molecule has 9 heteroatoms. The fourth-order valence-electron chi connectivity index (χ4n) is 1.32. The summed E-state index contributed by atoms with van der Waals surface area (Å²) in [5, 5.41) is 26.0. The average Bonchev–Trinajstić information content (AvgIpc) is 2.22. The summed E-state index contributed by atoms with van der Waals surface area (Å²) in [6, 6.07) is 0. The highest BCUT2D eigenvalue weighted by Crippen LogP contribution is 2.04. The number of likely N-dealkylation sites (N-methyl/N-ethyl adjacent to an activating group) is 1. The first-order valence-corrected chi connectivity index (χ1v) is 6.15. The van der Waals surface area contributed by atoms with Gasteiger partial charge in [-0.05, 0) is 0 Å². The van der Waals surface area contributed by atoms with Gasteiger partial charge in [0, 0.05) is 31.5 Å². The standard InChI is InChI=1S/C9H17NO4.C4H4O4/c1-7(11)14-8(5-9(12)13)6-10(2,3)4;5-3(6)1-2-4(7)8/h8H,5-6H2,1-4H3;1-2H,(H,5,6)(H,7,8)/t8-;/m1./s1. The van der Waals surface area contributed by atoms with E-state index in [9.17, 15) is 24.3 Å². The molecule has 0 aliphatic heterocycles. The molecule has 0 radical (unpaired) electrons. The van der Waals surface area contributed by atoms with Crippen molar-refractivity contribution in [3.8, 4) is 0 Å². The summed E-state index contributed by atoms with van der Waals surface area (Å²) >= 11 is 0. The van der Waals surface area contributed by atoms with Crippen molar-refractivity contribution >= 4 is 23.9 Å². The summed E-state index contributed by atoms with van der Waals surface area (Å²) in [5.41, 5.74) is 0. The number of nitrogens with zero attached hydrogens (tertiary/aromatic N) is 1. The Kier molecular flexibility index (Phi) is 10.3. The quantitative estimate of drug-likeness (QED) is 0.327. The van der Waals surface area contributed by atoms with Crippen LogP contribution in [0.5, 0.6) is 0 Å². The maximum atomic E-state index is 10.7. The average molecular weight is 319 g/mol. The van der Waals surface area contributed by atoms with Crippen LogP contribution in [0.3, 0.4) is 0 Å². The fourth-order valence-corrected chi connectivity index (χ4v) is 1.32. The molecule has 0 aromatic rings. The smallest absolute Gasteiger partial charge is 0.328 e. The summed E-state index contributed by atoms with van der Waals surface area (Å²) in [6.45, 7) is 1.71. The molecular formula is C13H21NO8. The van der Waals surface area contributed by atoms with E-state index >= 15 is 0 Å². The van der Waals surface area contributed by atoms with Gasteiger partial charge in [0.1, 0.15) is 6.54 Å². The highest BCUT2D eigenvalue weighted by atomic mass is 16.5. The van der Waals surface area contributed by atoms with Crippen LogP contribution in [0.15, 0.2) is 12.2 Å². The van der Waals surface area contributed by atoms with E-state index in [1.807, 2.05) is 21.1 Å². The lowest BCUT2D eigenvalue weighted by molar-refractivity contribution is -0.873. The predicted molar refractivity (Wildman–Crippen MR) is 72.5 cm³/mol. The Balaban J connectivity index is 0. The largest absolute Gasteiger partial charge is 0.550 e. The van der Waals surface area contributed by atoms with Crippen LogP contribution in [0.1, 0.15) is 13.3 Å². The zero-order valence-corrected chi connectivity index (χ0v) is 12.9. The van der Waals surface area contributed by atoms with Crippen molar-refractivity contribution in [1.29, 1.82) is 0 Å². The van der Waals surface area contributed by atoms with Crippen molar-refractivity contribution in [3.05, 3.63) is 12.2 Å². The zero-order chi connectivity index (χ0) is 17.9. The third-order valence-corrected chi connectivity index (χ3v) is 1.85. The van der Waals surface area contributed by atoms with Crippen molar-refractivity contribution in [2.24, 2.45) is 0 Å². The molecule has 0 unspecified atom stereocenters. The highest BCUT2D eigenvalue weighted by Gasteiger charge is 2.20. The first-order chi connectivity index (χ1) is 9.83. The Bertz CT molecular complexity index is 404. The van der Waals surface area contributed by atoms with Gasteiger partial charge in [0.05, 0.1) is 21.1 Å². The monoisotopic (exact) mass is 319 g/mol. The van der Waals surface area contributed by atoms with E-state index in [1.54, 1.807) is 0 Å². The van der Waals surface area contributed by atoms with Gasteiger partial charge < -0.3 is 29.3 Å². The minimum absolute atomic E-state index is 0.255. The van der Waals surface area contributed by atoms with Gasteiger partial charge in [0.2, 0.25) is 0 Å². The Morgan fingerprint density at radius 3 is 1.73 bits per heavy atom. The van der Waals surface area contributed by atoms with Crippen LogP contribution >= 0.6 is 0 Å². The van der Waals surface area contributed by atoms with E-state index in [1.165, 1.54) is 6.92 Å². The lowest BCUT2D eigenvalue weighted by atomic mass is 10.2. The lowest BCUT2D eigenvalue weighted by Gasteiger charge is -2.28. The van der Waals surface area contributed by atoms with Gasteiger partial charge in [-0.2, -0.15) is 0 Å². The zero-order valence-electron chi connectivity index (χ0n) is 12.9. The molecular weight excluding hydrogens is 298 g/mol. The van der Waals surface area contributed by atoms with Crippen LogP contribution in [0.4, 0.5) is 0 Å². The minimum Gasteiger partial charge on any atom is -0.550 e. The highest BCUT2D eigenvalue weighted by molar-refractivity contribution is 5.89. The molecule has 0 aromatic heterocycles. The molecule has 9 nitrogen and oxygen atoms in total. The van der Waals surface area contributed by atoms with Gasteiger partial charge in [-0.3, -0.25) is 4.79 Å². The van der Waals surface area contributed by atoms with Crippen molar-refractivity contribution in [1.82, 2.24) is 0 Å². The number of hydrogen-bond donors (Lipinski definition) is 2. The van der Waals surface area contributed by atoms with Crippen molar-refractivity contribution < 1.29 is 43.7 Å². The molecule has 0 rings (SSSR count). The van der Waals surface area contributed by atoms with Crippen molar-refractivity contribution in [3.63, 3.8) is 0 Å². The molecule has 22 heavy (non-hydrogen) atoms. The molecule has 0 bridgehead atoms. The second kappa shape index (κ2) is 10.3. The summed E-state index contributed by atoms with van der Waals surface area (Å²) < 4.78 is 5.39. The molecule has 0 fully saturated rings. The number of quaternary nitrogens is 1. The molecule has 0 heterocycles. The minimum atomic E-state index is -1.26. The molecule has 1 atom stereocenters. The van der Waals surface area contributed by atoms with Crippen molar-refractivity contribution in [2.45, 2.75) is 19.4 Å². The summed E-state index contributed by atoms with van der Waals surface area (Å²) in [4.78, 5) is 40.2. The Hall–Kier alpha value is -2.42. The third kappa shape index (κ3) is 19.9. The van der Waals surface area contributed by atoms with Crippen molar-refractivity contribution in [2.75, 3.05) is 27.7 Å². The second-order valence-electron chi connectivity index (χ2n) is 5.29. The molecule has 0 saturated heterocycles. The van der Waals surface area contributed by atoms with Crippen LogP contribution in [0, 0.1) is 0 Å². The first-order valence-electron chi connectivity index (χ1n) is 6.15. The predicted octanol–water partition coefficient (Wildman–Crippen LogP) is -1.52. The number of esters is 1. The molecule has 0 saturated carbocycles. The van der Waals surface area contributed by atoms with Crippen LogP contribution in [-0.4, -0.2) is 72.4 Å². The first kappa shape index (κ1) is 21.9. The third-order valence-electron chi connectivity index (χ3n) is 1.85. The number of ether oxygens (including phenoxy) is 1. The van der Waals surface area contributed by atoms with Crippen LogP contribution in [0.25, 0.3) is 0 Å². The molecule has 0 amide bonds. The van der Waals surface area contributed by atoms with Gasteiger partial charge in [0.25, 0.3) is 0 Å². The van der Waals surface area contributed by atoms with E-state index in [-0.39, 0.29) is 6.42 Å². The number of carbonyl (C=O) groups is 4. The maximum absolute atomic E-state index is 10.7. The number of carboxylic acid groups (broad SMARTS) is 3. The summed E-state index contributed by atoms with van der Waals surface area (Å²) in [7, 11) is 5.68. The van der Waals surface area contributed by atoms with E-state index in [0.29, 0.717) is 23.2 Å². The molecule has 0 aliphatic carbocycles. The number of aliphatic carboxylic acids is 3. The molecule has 0 spiro atoms. The van der Waals surface area contributed by atoms with E-state index in [4.69, 9.17) is 14.9 Å². The number of hydrogen-bond acceptors (Lipinski definition) is 6. The van der Waals surface area contributed by atoms with Gasteiger partial charge in [-0.25, -0.2) is 9.59 Å². The SMILES string of the molecule is CC(=O)O[C@H](CC(=O)[O-])C[N+](C)(C)C.O=C(O)C=CC(=O)O.